The Morgan fingerprint density at radius 3 is 2.75 bits per heavy atom. The first-order valence-electron chi connectivity index (χ1n) is 6.70. The van der Waals surface area contributed by atoms with Crippen LogP contribution in [0.3, 0.4) is 0 Å². The van der Waals surface area contributed by atoms with Crippen molar-refractivity contribution in [1.82, 2.24) is 20.1 Å². The molecule has 0 saturated carbocycles. The summed E-state index contributed by atoms with van der Waals surface area (Å²) in [5.74, 6) is -0.00601. The van der Waals surface area contributed by atoms with Crippen molar-refractivity contribution in [3.63, 3.8) is 0 Å². The minimum absolute atomic E-state index is 0. The van der Waals surface area contributed by atoms with E-state index in [1.54, 1.807) is 0 Å². The van der Waals surface area contributed by atoms with Crippen LogP contribution in [0.15, 0.2) is 16.7 Å². The third kappa shape index (κ3) is 5.09. The van der Waals surface area contributed by atoms with E-state index in [1.807, 2.05) is 23.9 Å². The van der Waals surface area contributed by atoms with Gasteiger partial charge in [0.15, 0.2) is 0 Å². The lowest BCUT2D eigenvalue weighted by molar-refractivity contribution is 0.0943. The Morgan fingerprint density at radius 2 is 2.15 bits per heavy atom. The van der Waals surface area contributed by atoms with Gasteiger partial charge >= 0.3 is 0 Å². The molecule has 1 amide bonds. The Labute approximate surface area is 134 Å². The van der Waals surface area contributed by atoms with E-state index >= 15 is 0 Å². The monoisotopic (exact) mass is 364 g/mol. The average Bonchev–Trinajstić information content (AvgIpc) is 2.75. The van der Waals surface area contributed by atoms with E-state index in [0.717, 1.165) is 50.2 Å². The molecule has 0 radical (unpaired) electrons. The highest BCUT2D eigenvalue weighted by molar-refractivity contribution is 9.10. The van der Waals surface area contributed by atoms with Crippen LogP contribution in [-0.4, -0.2) is 54.6 Å². The number of hydrogen-bond acceptors (Lipinski definition) is 3. The highest BCUT2D eigenvalue weighted by atomic mass is 79.9. The SMILES string of the molecule is Cl.Cn1cc(Br)cc1C(=O)NCCCN1CCNCC1. The second-order valence-corrected chi connectivity index (χ2v) is 5.77. The van der Waals surface area contributed by atoms with Crippen LogP contribution in [0.2, 0.25) is 0 Å². The summed E-state index contributed by atoms with van der Waals surface area (Å²) in [5.41, 5.74) is 0.689. The molecule has 1 aliphatic rings. The highest BCUT2D eigenvalue weighted by Crippen LogP contribution is 2.13. The first-order chi connectivity index (χ1) is 9.16. The molecule has 2 rings (SSSR count). The lowest BCUT2D eigenvalue weighted by Crippen LogP contribution is -2.44. The third-order valence-electron chi connectivity index (χ3n) is 3.35. The number of aryl methyl sites for hydroxylation is 1. The van der Waals surface area contributed by atoms with Crippen LogP contribution in [0.5, 0.6) is 0 Å². The van der Waals surface area contributed by atoms with E-state index in [-0.39, 0.29) is 18.3 Å². The third-order valence-corrected chi connectivity index (χ3v) is 3.78. The lowest BCUT2D eigenvalue weighted by atomic mass is 10.3. The van der Waals surface area contributed by atoms with E-state index in [0.29, 0.717) is 5.69 Å². The fourth-order valence-corrected chi connectivity index (χ4v) is 2.80. The molecule has 0 aromatic carbocycles. The van der Waals surface area contributed by atoms with E-state index in [2.05, 4.69) is 31.5 Å². The molecule has 1 aliphatic heterocycles. The van der Waals surface area contributed by atoms with Gasteiger partial charge in [-0.05, 0) is 35.0 Å². The Balaban J connectivity index is 0.00000200. The number of aromatic nitrogens is 1. The first-order valence-corrected chi connectivity index (χ1v) is 7.49. The maximum Gasteiger partial charge on any atom is 0.267 e. The molecule has 1 aromatic rings. The molecule has 1 saturated heterocycles. The van der Waals surface area contributed by atoms with Gasteiger partial charge in [-0.25, -0.2) is 0 Å². The average molecular weight is 366 g/mol. The normalized spacial score (nSPS) is 15.7. The number of carbonyl (C=O) groups is 1. The smallest absolute Gasteiger partial charge is 0.267 e. The molecule has 114 valence electrons. The molecule has 7 heteroatoms. The van der Waals surface area contributed by atoms with Crippen molar-refractivity contribution in [2.24, 2.45) is 7.05 Å². The molecule has 2 heterocycles. The summed E-state index contributed by atoms with van der Waals surface area (Å²) >= 11 is 3.37. The van der Waals surface area contributed by atoms with Gasteiger partial charge in [-0.3, -0.25) is 4.79 Å². The van der Waals surface area contributed by atoms with Crippen LogP contribution in [0.1, 0.15) is 16.9 Å². The van der Waals surface area contributed by atoms with Gasteiger partial charge in [0.1, 0.15) is 5.69 Å². The number of nitrogens with one attached hydrogen (secondary N) is 2. The maximum absolute atomic E-state index is 12.0. The summed E-state index contributed by atoms with van der Waals surface area (Å²) in [4.78, 5) is 14.4. The van der Waals surface area contributed by atoms with Gasteiger partial charge in [-0.2, -0.15) is 0 Å². The Hall–Kier alpha value is -0.560. The fraction of sp³-hybridized carbons (Fsp3) is 0.615. The zero-order chi connectivity index (χ0) is 13.7. The van der Waals surface area contributed by atoms with Gasteiger partial charge in [-0.1, -0.05) is 0 Å². The van der Waals surface area contributed by atoms with Crippen LogP contribution >= 0.6 is 28.3 Å². The molecule has 0 spiro atoms. The van der Waals surface area contributed by atoms with Gasteiger partial charge in [-0.15, -0.1) is 12.4 Å². The minimum atomic E-state index is -0.00601. The molecule has 20 heavy (non-hydrogen) atoms. The minimum Gasteiger partial charge on any atom is -0.351 e. The number of halogens is 2. The largest absolute Gasteiger partial charge is 0.351 e. The number of amides is 1. The van der Waals surface area contributed by atoms with Crippen molar-refractivity contribution < 1.29 is 4.79 Å². The number of rotatable bonds is 5. The van der Waals surface area contributed by atoms with Gasteiger partial charge in [0.05, 0.1) is 0 Å². The molecule has 0 atom stereocenters. The van der Waals surface area contributed by atoms with Gasteiger partial charge < -0.3 is 20.1 Å². The van der Waals surface area contributed by atoms with Crippen molar-refractivity contribution in [3.05, 3.63) is 22.4 Å². The number of carbonyl (C=O) groups excluding carboxylic acids is 1. The van der Waals surface area contributed by atoms with E-state index in [4.69, 9.17) is 0 Å². The molecular weight excluding hydrogens is 344 g/mol. The number of hydrogen-bond donors (Lipinski definition) is 2. The quantitative estimate of drug-likeness (QED) is 0.772. The topological polar surface area (TPSA) is 49.3 Å². The molecule has 0 unspecified atom stereocenters. The molecular formula is C13H22BrClN4O. The Bertz CT molecular complexity index is 432. The van der Waals surface area contributed by atoms with Crippen LogP contribution in [0.4, 0.5) is 0 Å². The molecule has 0 bridgehead atoms. The summed E-state index contributed by atoms with van der Waals surface area (Å²) in [6.45, 7) is 6.15. The van der Waals surface area contributed by atoms with E-state index in [9.17, 15) is 4.79 Å². The van der Waals surface area contributed by atoms with Crippen molar-refractivity contribution in [3.8, 4) is 0 Å². The maximum atomic E-state index is 12.0. The second-order valence-electron chi connectivity index (χ2n) is 4.86. The van der Waals surface area contributed by atoms with Crippen LogP contribution in [0, 0.1) is 0 Å². The zero-order valence-corrected chi connectivity index (χ0v) is 14.1. The number of nitrogens with zero attached hydrogens (tertiary/aromatic N) is 2. The van der Waals surface area contributed by atoms with Gasteiger partial charge in [0.25, 0.3) is 5.91 Å². The van der Waals surface area contributed by atoms with Crippen LogP contribution < -0.4 is 10.6 Å². The predicted octanol–water partition coefficient (Wildman–Crippen LogP) is 1.23. The molecule has 0 aliphatic carbocycles. The summed E-state index contributed by atoms with van der Waals surface area (Å²) in [7, 11) is 1.88. The van der Waals surface area contributed by atoms with Gasteiger partial charge in [0.2, 0.25) is 0 Å². The molecule has 1 fully saturated rings. The second kappa shape index (κ2) is 8.67. The summed E-state index contributed by atoms with van der Waals surface area (Å²) in [5, 5.41) is 6.30. The summed E-state index contributed by atoms with van der Waals surface area (Å²) in [6.07, 6.45) is 2.88. The van der Waals surface area contributed by atoms with Crippen molar-refractivity contribution in [2.75, 3.05) is 39.3 Å². The predicted molar refractivity (Wildman–Crippen MR) is 86.6 cm³/mol. The Kier molecular flexibility index (Phi) is 7.58. The van der Waals surface area contributed by atoms with E-state index < -0.39 is 0 Å². The molecule has 1 aromatic heterocycles. The first kappa shape index (κ1) is 17.5. The zero-order valence-electron chi connectivity index (χ0n) is 11.7. The van der Waals surface area contributed by atoms with Crippen molar-refractivity contribution in [1.29, 1.82) is 0 Å². The van der Waals surface area contributed by atoms with Crippen LogP contribution in [0.25, 0.3) is 0 Å². The molecule has 5 nitrogen and oxygen atoms in total. The molecule has 2 N–H and O–H groups in total. The fourth-order valence-electron chi connectivity index (χ4n) is 2.28. The number of piperazine rings is 1. The Morgan fingerprint density at radius 1 is 1.45 bits per heavy atom. The standard InChI is InChI=1S/C13H21BrN4O.ClH/c1-17-10-11(14)9-12(17)13(19)16-3-2-6-18-7-4-15-5-8-18;/h9-10,15H,2-8H2,1H3,(H,16,19);1H. The van der Waals surface area contributed by atoms with Gasteiger partial charge in [0, 0.05) is 50.4 Å². The summed E-state index contributed by atoms with van der Waals surface area (Å²) < 4.78 is 2.76. The summed E-state index contributed by atoms with van der Waals surface area (Å²) in [6, 6.07) is 1.84. The van der Waals surface area contributed by atoms with Crippen molar-refractivity contribution >= 4 is 34.2 Å². The lowest BCUT2D eigenvalue weighted by Gasteiger charge is -2.27. The van der Waals surface area contributed by atoms with E-state index in [1.165, 1.54) is 0 Å². The van der Waals surface area contributed by atoms with Crippen LogP contribution in [-0.2, 0) is 7.05 Å². The van der Waals surface area contributed by atoms with Crippen molar-refractivity contribution in [2.45, 2.75) is 6.42 Å². The highest BCUT2D eigenvalue weighted by Gasteiger charge is 2.11.